The largest absolute Gasteiger partial charge is 0.478 e. The van der Waals surface area contributed by atoms with E-state index in [1.807, 2.05) is 18.0 Å². The molecule has 1 heterocycles. The fourth-order valence-corrected chi connectivity index (χ4v) is 5.00. The van der Waals surface area contributed by atoms with Gasteiger partial charge in [-0.05, 0) is 49.7 Å². The van der Waals surface area contributed by atoms with E-state index >= 15 is 0 Å². The quantitative estimate of drug-likeness (QED) is 0.265. The third-order valence-corrected chi connectivity index (χ3v) is 6.62. The number of aryl methyl sites for hydroxylation is 1. The second-order valence-electron chi connectivity index (χ2n) is 8.43. The van der Waals surface area contributed by atoms with Crippen LogP contribution >= 0.6 is 0 Å². The highest BCUT2D eigenvalue weighted by molar-refractivity contribution is 6.06. The number of carbonyl (C=O) groups excluding carboxylic acids is 2. The first-order valence-electron chi connectivity index (χ1n) is 10.7. The van der Waals surface area contributed by atoms with Gasteiger partial charge >= 0.3 is 0 Å². The third kappa shape index (κ3) is 3.96. The predicted molar refractivity (Wildman–Crippen MR) is 112 cm³/mol. The van der Waals surface area contributed by atoms with Gasteiger partial charge in [0.05, 0.1) is 18.4 Å². The molecule has 2 bridgehead atoms. The molecule has 2 fully saturated rings. The van der Waals surface area contributed by atoms with E-state index in [2.05, 4.69) is 43.0 Å². The number of imide groups is 1. The van der Waals surface area contributed by atoms with E-state index in [0.29, 0.717) is 19.0 Å². The van der Waals surface area contributed by atoms with Gasteiger partial charge < -0.3 is 9.64 Å². The normalized spacial score (nSPS) is 26.9. The Kier molecular flexibility index (Phi) is 5.74. The summed E-state index contributed by atoms with van der Waals surface area (Å²) in [5, 5.41) is 0. The first-order chi connectivity index (χ1) is 14.1. The van der Waals surface area contributed by atoms with E-state index < -0.39 is 0 Å². The van der Waals surface area contributed by atoms with Gasteiger partial charge in [-0.3, -0.25) is 14.5 Å². The number of hydrogen-bond acceptors (Lipinski definition) is 4. The van der Waals surface area contributed by atoms with Crippen LogP contribution in [-0.4, -0.2) is 48.4 Å². The zero-order chi connectivity index (χ0) is 20.4. The number of amides is 2. The van der Waals surface area contributed by atoms with Crippen molar-refractivity contribution in [2.24, 2.45) is 23.7 Å². The molecule has 0 unspecified atom stereocenters. The maximum atomic E-state index is 12.7. The van der Waals surface area contributed by atoms with Crippen LogP contribution in [0, 0.1) is 23.7 Å². The molecular formula is C24H30N2O3. The molecule has 1 saturated heterocycles. The lowest BCUT2D eigenvalue weighted by molar-refractivity contribution is -0.141. The molecule has 3 aliphatic rings. The van der Waals surface area contributed by atoms with Gasteiger partial charge in [-0.25, -0.2) is 0 Å². The number of benzene rings is 1. The van der Waals surface area contributed by atoms with Crippen LogP contribution in [0.2, 0.25) is 0 Å². The number of fused-ring (bicyclic) bond motifs is 5. The topological polar surface area (TPSA) is 49.9 Å². The smallest absolute Gasteiger partial charge is 0.233 e. The SMILES string of the molecule is C=C(OCCN1C(=O)[C@@H]2[C@H](C1=O)[C@H]1C=C[C@@H]2C1)N(C)CCCCc1ccccc1. The highest BCUT2D eigenvalue weighted by Gasteiger charge is 2.59. The van der Waals surface area contributed by atoms with Crippen LogP contribution in [0.15, 0.2) is 54.9 Å². The van der Waals surface area contributed by atoms with Crippen molar-refractivity contribution < 1.29 is 14.3 Å². The van der Waals surface area contributed by atoms with Gasteiger partial charge in [-0.1, -0.05) is 42.5 Å². The molecule has 1 saturated carbocycles. The van der Waals surface area contributed by atoms with E-state index in [1.54, 1.807) is 0 Å². The van der Waals surface area contributed by atoms with E-state index in [4.69, 9.17) is 4.74 Å². The summed E-state index contributed by atoms with van der Waals surface area (Å²) < 4.78 is 5.74. The monoisotopic (exact) mass is 394 g/mol. The Hall–Kier alpha value is -2.56. The van der Waals surface area contributed by atoms with Gasteiger partial charge in [-0.15, -0.1) is 0 Å². The molecular weight excluding hydrogens is 364 g/mol. The number of hydrogen-bond donors (Lipinski definition) is 0. The van der Waals surface area contributed by atoms with Crippen LogP contribution in [0.3, 0.4) is 0 Å². The Balaban J connectivity index is 1.15. The standard InChI is InChI=1S/C24H30N2O3/c1-17(25(2)13-7-6-10-18-8-4-3-5-9-18)29-15-14-26-23(27)21-19-11-12-20(16-19)22(21)24(26)28/h3-5,8-9,11-12,19-22H,1,6-7,10,13-16H2,2H3/t19-,20+,21+,22-. The summed E-state index contributed by atoms with van der Waals surface area (Å²) in [6.07, 6.45) is 8.42. The molecule has 5 heteroatoms. The number of allylic oxidation sites excluding steroid dienone is 2. The van der Waals surface area contributed by atoms with Gasteiger partial charge in [-0.2, -0.15) is 0 Å². The van der Waals surface area contributed by atoms with Gasteiger partial charge in [0.15, 0.2) is 5.88 Å². The molecule has 5 nitrogen and oxygen atoms in total. The molecule has 2 aliphatic carbocycles. The Labute approximate surface area is 173 Å². The third-order valence-electron chi connectivity index (χ3n) is 6.62. The fraction of sp³-hybridized carbons (Fsp3) is 0.500. The van der Waals surface area contributed by atoms with E-state index in [9.17, 15) is 9.59 Å². The summed E-state index contributed by atoms with van der Waals surface area (Å²) in [6, 6.07) is 10.5. The molecule has 0 radical (unpaired) electrons. The number of nitrogens with zero attached hydrogens (tertiary/aromatic N) is 2. The summed E-state index contributed by atoms with van der Waals surface area (Å²) in [5.41, 5.74) is 1.36. The van der Waals surface area contributed by atoms with Crippen molar-refractivity contribution in [2.45, 2.75) is 25.7 Å². The second kappa shape index (κ2) is 8.44. The van der Waals surface area contributed by atoms with E-state index in [-0.39, 0.29) is 35.5 Å². The van der Waals surface area contributed by atoms with Crippen LogP contribution in [0.25, 0.3) is 0 Å². The number of likely N-dealkylation sites (tertiary alicyclic amines) is 1. The molecule has 29 heavy (non-hydrogen) atoms. The van der Waals surface area contributed by atoms with Crippen LogP contribution in [0.5, 0.6) is 0 Å². The Bertz CT molecular complexity index is 774. The first-order valence-corrected chi connectivity index (χ1v) is 10.7. The Morgan fingerprint density at radius 1 is 1.10 bits per heavy atom. The summed E-state index contributed by atoms with van der Waals surface area (Å²) in [6.45, 7) is 5.47. The Morgan fingerprint density at radius 3 is 2.41 bits per heavy atom. The van der Waals surface area contributed by atoms with Crippen molar-refractivity contribution in [3.63, 3.8) is 0 Å². The number of carbonyl (C=O) groups is 2. The van der Waals surface area contributed by atoms with Crippen molar-refractivity contribution in [3.8, 4) is 0 Å². The van der Waals surface area contributed by atoms with Crippen LogP contribution in [0.1, 0.15) is 24.8 Å². The van der Waals surface area contributed by atoms with Crippen molar-refractivity contribution in [2.75, 3.05) is 26.7 Å². The maximum Gasteiger partial charge on any atom is 0.233 e. The first kappa shape index (κ1) is 19.7. The van der Waals surface area contributed by atoms with Crippen LogP contribution < -0.4 is 0 Å². The molecule has 0 spiro atoms. The zero-order valence-electron chi connectivity index (χ0n) is 17.1. The van der Waals surface area contributed by atoms with Crippen molar-refractivity contribution >= 4 is 11.8 Å². The number of unbranched alkanes of at least 4 members (excludes halogenated alkanes) is 1. The average Bonchev–Trinajstić information content (AvgIpc) is 3.41. The lowest BCUT2D eigenvalue weighted by Gasteiger charge is -2.23. The maximum absolute atomic E-state index is 12.7. The summed E-state index contributed by atoms with van der Waals surface area (Å²) in [4.78, 5) is 28.8. The van der Waals surface area contributed by atoms with Crippen LogP contribution in [-0.2, 0) is 20.7 Å². The van der Waals surface area contributed by atoms with E-state index in [1.165, 1.54) is 10.5 Å². The van der Waals surface area contributed by atoms with Crippen molar-refractivity contribution in [1.29, 1.82) is 0 Å². The summed E-state index contributed by atoms with van der Waals surface area (Å²) in [5.74, 6) is 0.807. The minimum atomic E-state index is -0.131. The minimum absolute atomic E-state index is 0.0136. The van der Waals surface area contributed by atoms with Gasteiger partial charge in [0.2, 0.25) is 11.8 Å². The molecule has 4 rings (SSSR count). The molecule has 2 amide bonds. The molecule has 1 aromatic rings. The molecule has 0 aromatic heterocycles. The second-order valence-corrected chi connectivity index (χ2v) is 8.43. The van der Waals surface area contributed by atoms with Crippen molar-refractivity contribution in [3.05, 3.63) is 60.5 Å². The molecule has 0 N–H and O–H groups in total. The van der Waals surface area contributed by atoms with Gasteiger partial charge in [0.25, 0.3) is 0 Å². The predicted octanol–water partition coefficient (Wildman–Crippen LogP) is 3.24. The van der Waals surface area contributed by atoms with Crippen molar-refractivity contribution in [1.82, 2.24) is 9.80 Å². The molecule has 1 aliphatic heterocycles. The minimum Gasteiger partial charge on any atom is -0.478 e. The highest BCUT2D eigenvalue weighted by Crippen LogP contribution is 2.52. The Morgan fingerprint density at radius 2 is 1.76 bits per heavy atom. The molecule has 1 aromatic carbocycles. The van der Waals surface area contributed by atoms with Gasteiger partial charge in [0, 0.05) is 13.6 Å². The summed E-state index contributed by atoms with van der Waals surface area (Å²) in [7, 11) is 1.96. The van der Waals surface area contributed by atoms with Crippen LogP contribution in [0.4, 0.5) is 0 Å². The van der Waals surface area contributed by atoms with E-state index in [0.717, 1.165) is 32.2 Å². The number of rotatable bonds is 10. The molecule has 154 valence electrons. The van der Waals surface area contributed by atoms with Gasteiger partial charge in [0.1, 0.15) is 6.61 Å². The lowest BCUT2D eigenvalue weighted by Crippen LogP contribution is -2.36. The average molecular weight is 395 g/mol. The summed E-state index contributed by atoms with van der Waals surface area (Å²) >= 11 is 0. The fourth-order valence-electron chi connectivity index (χ4n) is 5.00. The lowest BCUT2D eigenvalue weighted by atomic mass is 9.85. The zero-order valence-corrected chi connectivity index (χ0v) is 17.1. The number of ether oxygens (including phenoxy) is 1. The molecule has 4 atom stereocenters. The highest BCUT2D eigenvalue weighted by atomic mass is 16.5.